The first kappa shape index (κ1) is 19.1. The lowest BCUT2D eigenvalue weighted by Crippen LogP contribution is -2.19. The molecule has 1 atom stereocenters. The molecule has 1 unspecified atom stereocenters. The van der Waals surface area contributed by atoms with Crippen LogP contribution in [0.15, 0.2) is 58.5 Å². The van der Waals surface area contributed by atoms with Gasteiger partial charge in [0.15, 0.2) is 0 Å². The maximum Gasteiger partial charge on any atom is 0.303 e. The van der Waals surface area contributed by atoms with Crippen LogP contribution in [0.2, 0.25) is 0 Å². The molecule has 0 bridgehead atoms. The average Bonchev–Trinajstić information content (AvgIpc) is 3.04. The second-order valence-corrected chi connectivity index (χ2v) is 8.14. The van der Waals surface area contributed by atoms with Crippen molar-refractivity contribution in [3.05, 3.63) is 59.7 Å². The van der Waals surface area contributed by atoms with Crippen molar-refractivity contribution < 1.29 is 18.3 Å². The van der Waals surface area contributed by atoms with E-state index in [2.05, 4.69) is 5.10 Å². The molecule has 0 amide bonds. The fraction of sp³-hybridized carbons (Fsp3) is 0.263. The lowest BCUT2D eigenvalue weighted by Gasteiger charge is -2.24. The highest BCUT2D eigenvalue weighted by Crippen LogP contribution is 2.36. The Morgan fingerprint density at radius 2 is 1.81 bits per heavy atom. The molecule has 27 heavy (non-hydrogen) atoms. The van der Waals surface area contributed by atoms with Crippen LogP contribution in [0.3, 0.4) is 0 Å². The Hall–Kier alpha value is -2.71. The summed E-state index contributed by atoms with van der Waals surface area (Å²) < 4.78 is 22.9. The van der Waals surface area contributed by atoms with Crippen molar-refractivity contribution in [2.45, 2.75) is 37.1 Å². The van der Waals surface area contributed by atoms with Crippen molar-refractivity contribution in [3.8, 4) is 0 Å². The van der Waals surface area contributed by atoms with Gasteiger partial charge >= 0.3 is 5.97 Å². The van der Waals surface area contributed by atoms with Crippen LogP contribution in [0, 0.1) is 6.92 Å². The molecule has 7 nitrogen and oxygen atoms in total. The summed E-state index contributed by atoms with van der Waals surface area (Å²) in [5.74, 6) is -0.861. The van der Waals surface area contributed by atoms with Crippen molar-refractivity contribution >= 4 is 27.4 Å². The molecular formula is C19H21N3O4S. The summed E-state index contributed by atoms with van der Waals surface area (Å²) in [5, 5.41) is 20.5. The summed E-state index contributed by atoms with van der Waals surface area (Å²) in [6, 6.07) is 14.2. The maximum atomic E-state index is 11.5. The van der Waals surface area contributed by atoms with Crippen LogP contribution >= 0.6 is 0 Å². The zero-order chi connectivity index (χ0) is 19.6. The number of sulfonamides is 1. The van der Waals surface area contributed by atoms with Gasteiger partial charge in [0.1, 0.15) is 0 Å². The number of nitrogens with two attached hydrogens (primary N) is 1. The van der Waals surface area contributed by atoms with Gasteiger partial charge in [-0.25, -0.2) is 13.6 Å². The minimum absolute atomic E-state index is 0.0254. The molecule has 0 saturated heterocycles. The van der Waals surface area contributed by atoms with Gasteiger partial charge in [0.05, 0.1) is 23.0 Å². The third-order valence-electron chi connectivity index (χ3n) is 4.49. The number of carbonyl (C=O) groups is 1. The second kappa shape index (κ2) is 7.50. The van der Waals surface area contributed by atoms with E-state index in [0.29, 0.717) is 12.8 Å². The highest BCUT2D eigenvalue weighted by molar-refractivity contribution is 7.89. The molecule has 0 fully saturated rings. The number of carboxylic acids is 1. The van der Waals surface area contributed by atoms with Gasteiger partial charge in [0, 0.05) is 12.1 Å². The topological polar surface area (TPSA) is 113 Å². The minimum atomic E-state index is -3.76. The molecule has 1 aliphatic rings. The van der Waals surface area contributed by atoms with E-state index in [9.17, 15) is 13.2 Å². The number of primary sulfonamides is 1. The van der Waals surface area contributed by atoms with E-state index in [-0.39, 0.29) is 17.4 Å². The van der Waals surface area contributed by atoms with Crippen LogP contribution in [-0.2, 0) is 14.8 Å². The average molecular weight is 387 g/mol. The molecular weight excluding hydrogens is 366 g/mol. The van der Waals surface area contributed by atoms with Gasteiger partial charge in [-0.3, -0.25) is 9.80 Å². The summed E-state index contributed by atoms with van der Waals surface area (Å²) in [4.78, 5) is 10.9. The van der Waals surface area contributed by atoms with Gasteiger partial charge in [-0.1, -0.05) is 29.8 Å². The molecule has 3 N–H and O–H groups in total. The smallest absolute Gasteiger partial charge is 0.303 e. The fourth-order valence-corrected chi connectivity index (χ4v) is 3.57. The van der Waals surface area contributed by atoms with Crippen LogP contribution in [0.1, 0.15) is 36.4 Å². The van der Waals surface area contributed by atoms with E-state index in [0.717, 1.165) is 22.5 Å². The zero-order valence-corrected chi connectivity index (χ0v) is 15.7. The van der Waals surface area contributed by atoms with Crippen molar-refractivity contribution in [2.75, 3.05) is 5.01 Å². The molecule has 3 rings (SSSR count). The minimum Gasteiger partial charge on any atom is -0.481 e. The monoisotopic (exact) mass is 387 g/mol. The number of hydrogen-bond acceptors (Lipinski definition) is 5. The summed E-state index contributed by atoms with van der Waals surface area (Å²) in [5.41, 5.74) is 3.73. The molecule has 8 heteroatoms. The van der Waals surface area contributed by atoms with E-state index >= 15 is 0 Å². The number of aliphatic carboxylic acids is 1. The molecule has 0 aliphatic carbocycles. The Morgan fingerprint density at radius 1 is 1.19 bits per heavy atom. The number of benzene rings is 2. The highest BCUT2D eigenvalue weighted by atomic mass is 32.2. The molecule has 2 aromatic rings. The first-order chi connectivity index (χ1) is 12.7. The molecule has 1 heterocycles. The van der Waals surface area contributed by atoms with E-state index < -0.39 is 16.0 Å². The van der Waals surface area contributed by atoms with Crippen LogP contribution in [0.25, 0.3) is 0 Å². The number of aryl methyl sites for hydroxylation is 1. The molecule has 0 saturated carbocycles. The predicted octanol–water partition coefficient (Wildman–Crippen LogP) is 2.81. The van der Waals surface area contributed by atoms with Crippen molar-refractivity contribution in [2.24, 2.45) is 10.2 Å². The second-order valence-electron chi connectivity index (χ2n) is 6.57. The van der Waals surface area contributed by atoms with E-state index in [1.807, 2.05) is 36.2 Å². The number of rotatable bonds is 6. The summed E-state index contributed by atoms with van der Waals surface area (Å²) in [6.45, 7) is 2.01. The maximum absolute atomic E-state index is 11.5. The summed E-state index contributed by atoms with van der Waals surface area (Å²) >= 11 is 0. The Morgan fingerprint density at radius 3 is 2.37 bits per heavy atom. The molecule has 0 spiro atoms. The molecule has 0 radical (unpaired) electrons. The highest BCUT2D eigenvalue weighted by Gasteiger charge is 2.29. The third-order valence-corrected chi connectivity index (χ3v) is 5.42. The first-order valence-corrected chi connectivity index (χ1v) is 10.1. The number of nitrogens with zero attached hydrogens (tertiary/aromatic N) is 2. The first-order valence-electron chi connectivity index (χ1n) is 8.51. The van der Waals surface area contributed by atoms with Gasteiger partial charge in [-0.05, 0) is 43.2 Å². The van der Waals surface area contributed by atoms with Gasteiger partial charge in [0.2, 0.25) is 10.0 Å². The van der Waals surface area contributed by atoms with Crippen molar-refractivity contribution in [1.29, 1.82) is 0 Å². The van der Waals surface area contributed by atoms with E-state index in [1.165, 1.54) is 12.1 Å². The van der Waals surface area contributed by atoms with Crippen LogP contribution in [0.5, 0.6) is 0 Å². The quantitative estimate of drug-likeness (QED) is 0.791. The fourth-order valence-electron chi connectivity index (χ4n) is 3.05. The van der Waals surface area contributed by atoms with Gasteiger partial charge in [-0.2, -0.15) is 5.10 Å². The van der Waals surface area contributed by atoms with E-state index in [4.69, 9.17) is 10.2 Å². The van der Waals surface area contributed by atoms with Crippen molar-refractivity contribution in [3.63, 3.8) is 0 Å². The van der Waals surface area contributed by atoms with Crippen LogP contribution in [0.4, 0.5) is 5.69 Å². The third kappa shape index (κ3) is 4.53. The Kier molecular flexibility index (Phi) is 5.29. The zero-order valence-electron chi connectivity index (χ0n) is 14.9. The van der Waals surface area contributed by atoms with Crippen LogP contribution < -0.4 is 10.1 Å². The number of carboxylic acid groups (broad SMARTS) is 1. The van der Waals surface area contributed by atoms with Crippen LogP contribution in [-0.4, -0.2) is 25.2 Å². The summed E-state index contributed by atoms with van der Waals surface area (Å²) in [6.07, 6.45) is 1.02. The van der Waals surface area contributed by atoms with Crippen molar-refractivity contribution in [1.82, 2.24) is 0 Å². The number of hydrogen-bond donors (Lipinski definition) is 2. The normalized spacial score (nSPS) is 17.0. The Bertz CT molecular complexity index is 967. The standard InChI is InChI=1S/C19H21N3O4S/c1-13-2-4-14(5-3-13)18-12-15(6-11-19(23)24)21-22(18)16-7-9-17(10-8-16)27(20,25)26/h2-5,7-10,18H,6,11-12H2,1H3,(H,23,24)(H2,20,25,26). The van der Waals surface area contributed by atoms with Gasteiger partial charge in [-0.15, -0.1) is 0 Å². The SMILES string of the molecule is Cc1ccc(C2CC(CCC(=O)O)=NN2c2ccc(S(N)(=O)=O)cc2)cc1. The Balaban J connectivity index is 1.93. The Labute approximate surface area is 158 Å². The largest absolute Gasteiger partial charge is 0.481 e. The lowest BCUT2D eigenvalue weighted by molar-refractivity contribution is -0.136. The van der Waals surface area contributed by atoms with Gasteiger partial charge in [0.25, 0.3) is 0 Å². The number of anilines is 1. The number of hydrazone groups is 1. The molecule has 1 aliphatic heterocycles. The molecule has 2 aromatic carbocycles. The lowest BCUT2D eigenvalue weighted by atomic mass is 9.99. The predicted molar refractivity (Wildman–Crippen MR) is 103 cm³/mol. The van der Waals surface area contributed by atoms with E-state index in [1.54, 1.807) is 12.1 Å². The molecule has 142 valence electrons. The molecule has 0 aromatic heterocycles. The van der Waals surface area contributed by atoms with Gasteiger partial charge < -0.3 is 5.11 Å². The summed E-state index contributed by atoms with van der Waals surface area (Å²) in [7, 11) is -3.76.